The van der Waals surface area contributed by atoms with Gasteiger partial charge in [-0.1, -0.05) is 18.2 Å². The van der Waals surface area contributed by atoms with Gasteiger partial charge in [-0.25, -0.2) is 0 Å². The third-order valence-corrected chi connectivity index (χ3v) is 2.10. The minimum atomic E-state index is -0.288. The van der Waals surface area contributed by atoms with Crippen LogP contribution in [0.15, 0.2) is 24.3 Å². The minimum absolute atomic E-state index is 0. The van der Waals surface area contributed by atoms with Crippen LogP contribution in [0.4, 0.5) is 5.69 Å². The minimum Gasteiger partial charge on any atom is -0.369 e. The van der Waals surface area contributed by atoms with E-state index < -0.39 is 0 Å². The normalized spacial score (nSPS) is 18.3. The third-order valence-electron chi connectivity index (χ3n) is 2.10. The summed E-state index contributed by atoms with van der Waals surface area (Å²) < 4.78 is 0. The molecule has 13 heavy (non-hydrogen) atoms. The molecule has 1 amide bonds. The van der Waals surface area contributed by atoms with E-state index in [4.69, 9.17) is 5.73 Å². The molecule has 2 N–H and O–H groups in total. The summed E-state index contributed by atoms with van der Waals surface area (Å²) in [4.78, 5) is 10.9. The van der Waals surface area contributed by atoms with Crippen LogP contribution in [0.25, 0.3) is 0 Å². The van der Waals surface area contributed by atoms with Crippen molar-refractivity contribution in [2.75, 3.05) is 6.54 Å². The van der Waals surface area contributed by atoms with Crippen molar-refractivity contribution in [2.24, 2.45) is 5.73 Å². The molecule has 4 heteroatoms. The average molecular weight is 198 g/mol. The highest BCUT2D eigenvalue weighted by atomic mass is 35.5. The first-order valence-corrected chi connectivity index (χ1v) is 3.85. The summed E-state index contributed by atoms with van der Waals surface area (Å²) in [6, 6.07) is 7.61. The Kier molecular flexibility index (Phi) is 2.78. The molecule has 2 rings (SSSR count). The highest BCUT2D eigenvalue weighted by molar-refractivity contribution is 5.85. The number of hydrogen-bond donors (Lipinski definition) is 1. The molecule has 1 radical (unpaired) electrons. The molecular weight excluding hydrogens is 188 g/mol. The zero-order valence-electron chi connectivity index (χ0n) is 6.93. The van der Waals surface area contributed by atoms with Crippen molar-refractivity contribution in [2.45, 2.75) is 5.92 Å². The molecule has 0 aromatic heterocycles. The highest BCUT2D eigenvalue weighted by Crippen LogP contribution is 2.30. The van der Waals surface area contributed by atoms with Gasteiger partial charge >= 0.3 is 0 Å². The van der Waals surface area contributed by atoms with Crippen LogP contribution in [0.5, 0.6) is 0 Å². The predicted octanol–water partition coefficient (Wildman–Crippen LogP) is 0.927. The molecule has 3 nitrogen and oxygen atoms in total. The number of nitrogens with zero attached hydrogens (tertiary/aromatic N) is 1. The fourth-order valence-corrected chi connectivity index (χ4v) is 1.46. The standard InChI is InChI=1S/C9H9N2O.ClH/c10-9(12)7-5-11-8-4-2-1-3-6(7)8;/h1-4,7H,5H2,(H2,10,12);1H. The van der Waals surface area contributed by atoms with Crippen molar-refractivity contribution in [3.05, 3.63) is 29.8 Å². The monoisotopic (exact) mass is 197 g/mol. The van der Waals surface area contributed by atoms with Gasteiger partial charge in [-0.05, 0) is 11.6 Å². The lowest BCUT2D eigenvalue weighted by atomic mass is 10.0. The molecule has 1 aliphatic rings. The van der Waals surface area contributed by atoms with Crippen LogP contribution in [-0.4, -0.2) is 12.5 Å². The summed E-state index contributed by atoms with van der Waals surface area (Å²) in [7, 11) is 0. The maximum Gasteiger partial charge on any atom is 0.226 e. The van der Waals surface area contributed by atoms with Crippen molar-refractivity contribution in [1.29, 1.82) is 0 Å². The number of carbonyl (C=O) groups is 1. The highest BCUT2D eigenvalue weighted by Gasteiger charge is 2.26. The van der Waals surface area contributed by atoms with E-state index in [0.29, 0.717) is 6.54 Å². The number of primary amides is 1. The summed E-state index contributed by atoms with van der Waals surface area (Å²) >= 11 is 0. The van der Waals surface area contributed by atoms with Gasteiger partial charge in [0.2, 0.25) is 5.91 Å². The number of fused-ring (bicyclic) bond motifs is 1. The zero-order chi connectivity index (χ0) is 8.55. The number of para-hydroxylation sites is 1. The lowest BCUT2D eigenvalue weighted by Gasteiger charge is -2.02. The van der Waals surface area contributed by atoms with Gasteiger partial charge in [-0.2, -0.15) is 0 Å². The second-order valence-corrected chi connectivity index (χ2v) is 2.85. The molecule has 1 aromatic rings. The summed E-state index contributed by atoms with van der Waals surface area (Å²) in [5.74, 6) is -0.495. The maximum atomic E-state index is 10.9. The molecule has 1 unspecified atom stereocenters. The number of hydrogen-bond acceptors (Lipinski definition) is 1. The topological polar surface area (TPSA) is 57.2 Å². The van der Waals surface area contributed by atoms with Crippen LogP contribution in [-0.2, 0) is 4.79 Å². The van der Waals surface area contributed by atoms with E-state index in [-0.39, 0.29) is 24.2 Å². The Morgan fingerprint density at radius 3 is 2.85 bits per heavy atom. The third kappa shape index (κ3) is 1.60. The number of benzene rings is 1. The van der Waals surface area contributed by atoms with Crippen LogP contribution in [0.2, 0.25) is 0 Å². The van der Waals surface area contributed by atoms with E-state index in [2.05, 4.69) is 5.32 Å². The van der Waals surface area contributed by atoms with Crippen LogP contribution in [0, 0.1) is 0 Å². The Balaban J connectivity index is 0.000000845. The summed E-state index contributed by atoms with van der Waals surface area (Å²) in [6.45, 7) is 0.509. The van der Waals surface area contributed by atoms with Gasteiger partial charge in [-0.15, -0.1) is 12.4 Å². The second-order valence-electron chi connectivity index (χ2n) is 2.85. The van der Waals surface area contributed by atoms with Gasteiger partial charge in [0, 0.05) is 0 Å². The molecule has 1 atom stereocenters. The Bertz CT molecular complexity index is 327. The van der Waals surface area contributed by atoms with Crippen molar-refractivity contribution >= 4 is 24.0 Å². The molecule has 69 valence electrons. The van der Waals surface area contributed by atoms with Crippen LogP contribution in [0.1, 0.15) is 11.5 Å². The predicted molar refractivity (Wildman–Crippen MR) is 52.3 cm³/mol. The van der Waals surface area contributed by atoms with Crippen molar-refractivity contribution < 1.29 is 4.79 Å². The first-order valence-electron chi connectivity index (χ1n) is 3.85. The van der Waals surface area contributed by atoms with Crippen LogP contribution in [0.3, 0.4) is 0 Å². The second kappa shape index (κ2) is 3.66. The van der Waals surface area contributed by atoms with Gasteiger partial charge in [-0.3, -0.25) is 10.1 Å². The fourth-order valence-electron chi connectivity index (χ4n) is 1.46. The van der Waals surface area contributed by atoms with E-state index in [0.717, 1.165) is 11.3 Å². The Morgan fingerprint density at radius 2 is 2.15 bits per heavy atom. The largest absolute Gasteiger partial charge is 0.369 e. The molecule has 1 aromatic carbocycles. The molecular formula is C9H10ClN2O. The number of nitrogens with two attached hydrogens (primary N) is 1. The van der Waals surface area contributed by atoms with Gasteiger partial charge in [0.25, 0.3) is 0 Å². The lowest BCUT2D eigenvalue weighted by molar-refractivity contribution is -0.119. The van der Waals surface area contributed by atoms with E-state index in [9.17, 15) is 4.79 Å². The Hall–Kier alpha value is -1.22. The first-order chi connectivity index (χ1) is 5.79. The van der Waals surface area contributed by atoms with Gasteiger partial charge in [0.15, 0.2) is 0 Å². The quantitative estimate of drug-likeness (QED) is 0.716. The smallest absolute Gasteiger partial charge is 0.226 e. The molecule has 1 heterocycles. The van der Waals surface area contributed by atoms with Crippen molar-refractivity contribution in [1.82, 2.24) is 5.32 Å². The van der Waals surface area contributed by atoms with Crippen molar-refractivity contribution in [3.8, 4) is 0 Å². The first kappa shape index (κ1) is 9.86. The van der Waals surface area contributed by atoms with E-state index >= 15 is 0 Å². The molecule has 0 fully saturated rings. The molecule has 0 bridgehead atoms. The Morgan fingerprint density at radius 1 is 1.46 bits per heavy atom. The molecule has 0 saturated heterocycles. The van der Waals surface area contributed by atoms with Crippen LogP contribution >= 0.6 is 12.4 Å². The summed E-state index contributed by atoms with van der Waals surface area (Å²) in [6.07, 6.45) is 0. The lowest BCUT2D eigenvalue weighted by Crippen LogP contribution is -2.22. The number of carbonyl (C=O) groups excluding carboxylic acids is 1. The van der Waals surface area contributed by atoms with Gasteiger partial charge in [0.1, 0.15) is 0 Å². The molecule has 0 spiro atoms. The number of amides is 1. The van der Waals surface area contributed by atoms with E-state index in [1.807, 2.05) is 24.3 Å². The Labute approximate surface area is 82.7 Å². The fraction of sp³-hybridized carbons (Fsp3) is 0.222. The van der Waals surface area contributed by atoms with Gasteiger partial charge < -0.3 is 5.73 Å². The maximum absolute atomic E-state index is 10.9. The van der Waals surface area contributed by atoms with E-state index in [1.165, 1.54) is 0 Å². The summed E-state index contributed by atoms with van der Waals surface area (Å²) in [5.41, 5.74) is 7.08. The van der Waals surface area contributed by atoms with E-state index in [1.54, 1.807) is 0 Å². The summed E-state index contributed by atoms with van der Waals surface area (Å²) in [5, 5.41) is 4.20. The number of rotatable bonds is 1. The molecule has 0 saturated carbocycles. The van der Waals surface area contributed by atoms with Gasteiger partial charge in [0.05, 0.1) is 18.2 Å². The average Bonchev–Trinajstić information content (AvgIpc) is 2.47. The SMILES string of the molecule is Cl.NC(=O)C1C[N]c2ccccc21. The molecule has 0 aliphatic carbocycles. The molecule has 1 aliphatic heterocycles. The number of halogens is 1. The zero-order valence-corrected chi connectivity index (χ0v) is 7.75. The van der Waals surface area contributed by atoms with Crippen LogP contribution < -0.4 is 11.1 Å². The van der Waals surface area contributed by atoms with Crippen molar-refractivity contribution in [3.63, 3.8) is 0 Å².